The molecular formula is C19H20ClN5O2. The molecule has 27 heavy (non-hydrogen) atoms. The molecule has 4 rings (SSSR count). The number of rotatable bonds is 5. The summed E-state index contributed by atoms with van der Waals surface area (Å²) in [5.41, 5.74) is 2.62. The van der Waals surface area contributed by atoms with Crippen LogP contribution in [-0.2, 0) is 13.6 Å². The lowest BCUT2D eigenvalue weighted by Gasteiger charge is -2.02. The normalized spacial score (nSPS) is 10.6. The zero-order chi connectivity index (χ0) is 18.1. The van der Waals surface area contributed by atoms with Crippen LogP contribution in [-0.4, -0.2) is 31.4 Å². The number of hydrogen-bond acceptors (Lipinski definition) is 5. The topological polar surface area (TPSA) is 70.9 Å². The monoisotopic (exact) mass is 385 g/mol. The molecule has 0 saturated carbocycles. The van der Waals surface area contributed by atoms with Gasteiger partial charge in [0.2, 0.25) is 0 Å². The first-order valence-electron chi connectivity index (χ1n) is 8.25. The zero-order valence-electron chi connectivity index (χ0n) is 15.3. The van der Waals surface area contributed by atoms with Crippen LogP contribution in [0.5, 0.6) is 5.75 Å². The molecule has 1 aromatic carbocycles. The summed E-state index contributed by atoms with van der Waals surface area (Å²) in [5, 5.41) is 4.19. The van der Waals surface area contributed by atoms with E-state index in [0.717, 1.165) is 40.1 Å². The van der Waals surface area contributed by atoms with E-state index in [0.29, 0.717) is 6.54 Å². The second-order valence-electron chi connectivity index (χ2n) is 6.07. The van der Waals surface area contributed by atoms with E-state index in [2.05, 4.69) is 15.1 Å². The minimum Gasteiger partial charge on any atom is -0.497 e. The minimum absolute atomic E-state index is 0. The van der Waals surface area contributed by atoms with Gasteiger partial charge in [0, 0.05) is 37.3 Å². The largest absolute Gasteiger partial charge is 0.497 e. The number of ether oxygens (including phenoxy) is 1. The maximum atomic E-state index is 5.50. The third-order valence-electron chi connectivity index (χ3n) is 4.32. The summed E-state index contributed by atoms with van der Waals surface area (Å²) >= 11 is 0. The highest BCUT2D eigenvalue weighted by atomic mass is 35.5. The fourth-order valence-electron chi connectivity index (χ4n) is 2.79. The highest BCUT2D eigenvalue weighted by Crippen LogP contribution is 2.24. The van der Waals surface area contributed by atoms with Crippen molar-refractivity contribution in [2.45, 2.75) is 13.5 Å². The molecule has 0 saturated heterocycles. The summed E-state index contributed by atoms with van der Waals surface area (Å²) in [6.45, 7) is 2.53. The predicted molar refractivity (Wildman–Crippen MR) is 104 cm³/mol. The van der Waals surface area contributed by atoms with Gasteiger partial charge in [-0.2, -0.15) is 0 Å². The van der Waals surface area contributed by atoms with Crippen LogP contribution >= 0.6 is 12.4 Å². The molecule has 0 radical (unpaired) electrons. The summed E-state index contributed by atoms with van der Waals surface area (Å²) in [6, 6.07) is 9.63. The Morgan fingerprint density at radius 2 is 1.96 bits per heavy atom. The van der Waals surface area contributed by atoms with Crippen LogP contribution in [0, 0.1) is 6.92 Å². The van der Waals surface area contributed by atoms with Gasteiger partial charge in [-0.1, -0.05) is 5.16 Å². The maximum absolute atomic E-state index is 5.50. The fraction of sp³-hybridized carbons (Fsp3) is 0.211. The summed E-state index contributed by atoms with van der Waals surface area (Å²) in [6.07, 6.45) is 5.66. The van der Waals surface area contributed by atoms with Crippen LogP contribution in [0.1, 0.15) is 11.5 Å². The molecule has 7 nitrogen and oxygen atoms in total. The Bertz CT molecular complexity index is 1010. The van der Waals surface area contributed by atoms with E-state index in [1.54, 1.807) is 13.3 Å². The van der Waals surface area contributed by atoms with Gasteiger partial charge >= 0.3 is 0 Å². The van der Waals surface area contributed by atoms with Gasteiger partial charge in [-0.3, -0.25) is 0 Å². The Hall–Kier alpha value is -3.06. The second-order valence-corrected chi connectivity index (χ2v) is 6.07. The standard InChI is InChI=1S/C19H19N5O2.ClH/c1-13-21-17(12-23(13)2)19-20-8-9-24(19)11-15-10-18(26-22-15)14-4-6-16(25-3)7-5-14;/h4-10,12H,11H2,1-3H3;1H. The summed E-state index contributed by atoms with van der Waals surface area (Å²) in [7, 11) is 3.62. The number of benzene rings is 1. The van der Waals surface area contributed by atoms with Crippen molar-refractivity contribution < 1.29 is 9.26 Å². The average Bonchev–Trinajstić information content (AvgIpc) is 3.37. The van der Waals surface area contributed by atoms with Crippen LogP contribution in [0.15, 0.2) is 53.4 Å². The Morgan fingerprint density at radius 3 is 2.63 bits per heavy atom. The number of halogens is 1. The molecule has 0 aliphatic rings. The molecule has 4 aromatic rings. The molecule has 0 amide bonds. The molecular weight excluding hydrogens is 366 g/mol. The first-order valence-corrected chi connectivity index (χ1v) is 8.25. The summed E-state index contributed by atoms with van der Waals surface area (Å²) in [5.74, 6) is 3.28. The van der Waals surface area contributed by atoms with Crippen molar-refractivity contribution in [2.75, 3.05) is 7.11 Å². The Kier molecular flexibility index (Phi) is 5.32. The van der Waals surface area contributed by atoms with Crippen molar-refractivity contribution >= 4 is 12.4 Å². The first-order chi connectivity index (χ1) is 12.6. The second kappa shape index (κ2) is 7.67. The molecule has 3 heterocycles. The van der Waals surface area contributed by atoms with Gasteiger partial charge in [0.1, 0.15) is 23.0 Å². The van der Waals surface area contributed by atoms with Crippen molar-refractivity contribution in [3.05, 3.63) is 60.4 Å². The first kappa shape index (κ1) is 18.7. The van der Waals surface area contributed by atoms with Crippen molar-refractivity contribution in [1.29, 1.82) is 0 Å². The minimum atomic E-state index is 0. The van der Waals surface area contributed by atoms with E-state index in [1.165, 1.54) is 0 Å². The van der Waals surface area contributed by atoms with Crippen LogP contribution in [0.4, 0.5) is 0 Å². The van der Waals surface area contributed by atoms with Crippen LogP contribution < -0.4 is 4.74 Å². The molecule has 0 fully saturated rings. The number of nitrogens with zero attached hydrogens (tertiary/aromatic N) is 5. The molecule has 0 aliphatic heterocycles. The molecule has 140 valence electrons. The molecule has 0 atom stereocenters. The van der Waals surface area contributed by atoms with E-state index in [9.17, 15) is 0 Å². The Morgan fingerprint density at radius 1 is 1.19 bits per heavy atom. The fourth-order valence-corrected chi connectivity index (χ4v) is 2.79. The lowest BCUT2D eigenvalue weighted by Crippen LogP contribution is -2.01. The molecule has 0 bridgehead atoms. The lowest BCUT2D eigenvalue weighted by atomic mass is 10.1. The van der Waals surface area contributed by atoms with E-state index in [-0.39, 0.29) is 12.4 Å². The molecule has 0 unspecified atom stereocenters. The number of hydrogen-bond donors (Lipinski definition) is 0. The van der Waals surface area contributed by atoms with Crippen molar-refractivity contribution in [1.82, 2.24) is 24.3 Å². The third kappa shape index (κ3) is 3.73. The van der Waals surface area contributed by atoms with Crippen molar-refractivity contribution in [3.8, 4) is 28.6 Å². The predicted octanol–water partition coefficient (Wildman–Crippen LogP) is 3.73. The maximum Gasteiger partial charge on any atom is 0.167 e. The molecule has 0 aliphatic carbocycles. The van der Waals surface area contributed by atoms with E-state index in [1.807, 2.05) is 65.8 Å². The van der Waals surface area contributed by atoms with Crippen LogP contribution in [0.2, 0.25) is 0 Å². The Balaban J connectivity index is 0.00000210. The summed E-state index contributed by atoms with van der Waals surface area (Å²) < 4.78 is 14.7. The third-order valence-corrected chi connectivity index (χ3v) is 4.32. The van der Waals surface area contributed by atoms with Crippen LogP contribution in [0.25, 0.3) is 22.8 Å². The lowest BCUT2D eigenvalue weighted by molar-refractivity contribution is 0.414. The quantitative estimate of drug-likeness (QED) is 0.523. The molecule has 8 heteroatoms. The highest BCUT2D eigenvalue weighted by Gasteiger charge is 2.13. The number of imidazole rings is 2. The number of aryl methyl sites for hydroxylation is 2. The van der Waals surface area contributed by atoms with Gasteiger partial charge in [0.25, 0.3) is 0 Å². The van der Waals surface area contributed by atoms with Crippen molar-refractivity contribution in [3.63, 3.8) is 0 Å². The number of aromatic nitrogens is 5. The van der Waals surface area contributed by atoms with E-state index < -0.39 is 0 Å². The van der Waals surface area contributed by atoms with Gasteiger partial charge in [0.05, 0.1) is 13.7 Å². The smallest absolute Gasteiger partial charge is 0.167 e. The Labute approximate surface area is 163 Å². The van der Waals surface area contributed by atoms with Crippen molar-refractivity contribution in [2.24, 2.45) is 7.05 Å². The van der Waals surface area contributed by atoms with E-state index >= 15 is 0 Å². The van der Waals surface area contributed by atoms with E-state index in [4.69, 9.17) is 9.26 Å². The van der Waals surface area contributed by atoms with Gasteiger partial charge < -0.3 is 18.4 Å². The van der Waals surface area contributed by atoms with Gasteiger partial charge in [0.15, 0.2) is 11.6 Å². The molecule has 3 aromatic heterocycles. The zero-order valence-corrected chi connectivity index (χ0v) is 16.1. The number of methoxy groups -OCH3 is 1. The molecule has 0 N–H and O–H groups in total. The van der Waals surface area contributed by atoms with Gasteiger partial charge in [-0.15, -0.1) is 12.4 Å². The SMILES string of the molecule is COc1ccc(-c2cc(Cn3ccnc3-c3cn(C)c(C)n3)no2)cc1.Cl. The van der Waals surface area contributed by atoms with Gasteiger partial charge in [-0.05, 0) is 31.2 Å². The van der Waals surface area contributed by atoms with Gasteiger partial charge in [-0.25, -0.2) is 9.97 Å². The average molecular weight is 386 g/mol. The summed E-state index contributed by atoms with van der Waals surface area (Å²) in [4.78, 5) is 8.98. The molecule has 0 spiro atoms. The highest BCUT2D eigenvalue weighted by molar-refractivity contribution is 5.85. The van der Waals surface area contributed by atoms with Crippen LogP contribution in [0.3, 0.4) is 0 Å².